The minimum atomic E-state index is 0.245. The van der Waals surface area contributed by atoms with Crippen LogP contribution < -0.4 is 0 Å². The van der Waals surface area contributed by atoms with Crippen molar-refractivity contribution < 1.29 is 4.79 Å². The molecule has 0 aromatic carbocycles. The monoisotopic (exact) mass is 188 g/mol. The maximum atomic E-state index is 11.0. The molecule has 0 saturated heterocycles. The van der Waals surface area contributed by atoms with Gasteiger partial charge in [-0.05, 0) is 11.4 Å². The van der Waals surface area contributed by atoms with Crippen LogP contribution in [0.4, 0.5) is 0 Å². The molecule has 0 aliphatic heterocycles. The van der Waals surface area contributed by atoms with Gasteiger partial charge in [0.2, 0.25) is 0 Å². The smallest absolute Gasteiger partial charge is 0.137 e. The third kappa shape index (κ3) is 2.31. The zero-order valence-corrected chi connectivity index (χ0v) is 7.84. The van der Waals surface area contributed by atoms with Crippen molar-refractivity contribution in [2.24, 2.45) is 0 Å². The Bertz CT molecular complexity index is 254. The lowest BCUT2D eigenvalue weighted by Crippen LogP contribution is -1.98. The van der Waals surface area contributed by atoms with Gasteiger partial charge in [0.1, 0.15) is 5.78 Å². The van der Waals surface area contributed by atoms with Gasteiger partial charge in [0, 0.05) is 17.7 Å². The fraction of sp³-hybridized carbons (Fsp3) is 0.375. The van der Waals surface area contributed by atoms with E-state index in [4.69, 9.17) is 11.6 Å². The normalized spacial score (nSPS) is 10.0. The second-order valence-corrected chi connectivity index (χ2v) is 3.67. The number of ketones is 1. The maximum Gasteiger partial charge on any atom is 0.137 e. The highest BCUT2D eigenvalue weighted by atomic mass is 35.5. The number of rotatable bonds is 3. The van der Waals surface area contributed by atoms with Gasteiger partial charge in [0.15, 0.2) is 0 Å². The van der Waals surface area contributed by atoms with Crippen LogP contribution in [0.5, 0.6) is 0 Å². The lowest BCUT2D eigenvalue weighted by atomic mass is 10.2. The Kier molecular flexibility index (Phi) is 3.09. The molecule has 0 radical (unpaired) electrons. The van der Waals surface area contributed by atoms with Crippen molar-refractivity contribution in [3.05, 3.63) is 21.3 Å². The predicted molar refractivity (Wildman–Crippen MR) is 48.3 cm³/mol. The molecule has 1 aromatic heterocycles. The van der Waals surface area contributed by atoms with Gasteiger partial charge in [-0.1, -0.05) is 18.5 Å². The fourth-order valence-electron chi connectivity index (χ4n) is 0.755. The standard InChI is InChI=1S/C8H9ClOS/c1-2-6(10)5-8-7(9)3-4-11-8/h3-4H,2,5H2,1H3. The van der Waals surface area contributed by atoms with E-state index < -0.39 is 0 Å². The first-order valence-electron chi connectivity index (χ1n) is 3.47. The third-order valence-electron chi connectivity index (χ3n) is 1.44. The molecule has 0 amide bonds. The number of halogens is 1. The maximum absolute atomic E-state index is 11.0. The number of hydrogen-bond donors (Lipinski definition) is 0. The molecule has 1 nitrogen and oxygen atoms in total. The zero-order valence-electron chi connectivity index (χ0n) is 6.26. The fourth-order valence-corrected chi connectivity index (χ4v) is 1.89. The van der Waals surface area contributed by atoms with E-state index in [1.165, 1.54) is 0 Å². The summed E-state index contributed by atoms with van der Waals surface area (Å²) >= 11 is 7.34. The second kappa shape index (κ2) is 3.88. The largest absolute Gasteiger partial charge is 0.299 e. The highest BCUT2D eigenvalue weighted by molar-refractivity contribution is 7.10. The first kappa shape index (κ1) is 8.75. The van der Waals surface area contributed by atoms with Crippen LogP contribution in [0, 0.1) is 0 Å². The Morgan fingerprint density at radius 3 is 2.91 bits per heavy atom. The Labute approximate surface area is 75.0 Å². The van der Waals surface area contributed by atoms with Crippen molar-refractivity contribution in [3.8, 4) is 0 Å². The Balaban J connectivity index is 2.64. The van der Waals surface area contributed by atoms with E-state index in [2.05, 4.69) is 0 Å². The molecule has 0 fully saturated rings. The molecule has 1 aromatic rings. The van der Waals surface area contributed by atoms with Gasteiger partial charge in [0.25, 0.3) is 0 Å². The molecule has 1 heterocycles. The summed E-state index contributed by atoms with van der Waals surface area (Å²) in [5.41, 5.74) is 0. The van der Waals surface area contributed by atoms with Crippen LogP contribution in [0.25, 0.3) is 0 Å². The van der Waals surface area contributed by atoms with E-state index in [1.807, 2.05) is 18.4 Å². The van der Waals surface area contributed by atoms with E-state index >= 15 is 0 Å². The summed E-state index contributed by atoms with van der Waals surface area (Å²) in [6.07, 6.45) is 1.08. The molecule has 0 unspecified atom stereocenters. The van der Waals surface area contributed by atoms with Crippen LogP contribution in [0.15, 0.2) is 11.4 Å². The molecule has 3 heteroatoms. The van der Waals surface area contributed by atoms with Crippen LogP contribution in [0.2, 0.25) is 5.02 Å². The van der Waals surface area contributed by atoms with E-state index in [-0.39, 0.29) is 5.78 Å². The minimum absolute atomic E-state index is 0.245. The van der Waals surface area contributed by atoms with Crippen LogP contribution in [-0.2, 0) is 11.2 Å². The number of thiophene rings is 1. The summed E-state index contributed by atoms with van der Waals surface area (Å²) < 4.78 is 0. The molecule has 0 spiro atoms. The number of hydrogen-bond acceptors (Lipinski definition) is 2. The average Bonchev–Trinajstić information content (AvgIpc) is 2.37. The van der Waals surface area contributed by atoms with Crippen molar-refractivity contribution in [2.45, 2.75) is 19.8 Å². The summed E-state index contributed by atoms with van der Waals surface area (Å²) in [4.78, 5) is 12.0. The summed E-state index contributed by atoms with van der Waals surface area (Å²) in [5, 5.41) is 2.62. The third-order valence-corrected chi connectivity index (χ3v) is 2.83. The highest BCUT2D eigenvalue weighted by Crippen LogP contribution is 2.22. The van der Waals surface area contributed by atoms with Gasteiger partial charge >= 0.3 is 0 Å². The van der Waals surface area contributed by atoms with Crippen molar-refractivity contribution >= 4 is 28.7 Å². The van der Waals surface area contributed by atoms with Crippen molar-refractivity contribution in [1.29, 1.82) is 0 Å². The molecule has 0 saturated carbocycles. The van der Waals surface area contributed by atoms with Gasteiger partial charge in [-0.25, -0.2) is 0 Å². The van der Waals surface area contributed by atoms with E-state index in [0.717, 1.165) is 9.90 Å². The second-order valence-electron chi connectivity index (χ2n) is 2.26. The summed E-state index contributed by atoms with van der Waals surface area (Å²) in [6, 6.07) is 1.82. The van der Waals surface area contributed by atoms with E-state index in [1.54, 1.807) is 11.3 Å². The summed E-state index contributed by atoms with van der Waals surface area (Å²) in [5.74, 6) is 0.245. The first-order valence-corrected chi connectivity index (χ1v) is 4.73. The van der Waals surface area contributed by atoms with Crippen LogP contribution in [0.3, 0.4) is 0 Å². The summed E-state index contributed by atoms with van der Waals surface area (Å²) in [6.45, 7) is 1.86. The Hall–Kier alpha value is -0.340. The van der Waals surface area contributed by atoms with Gasteiger partial charge in [0.05, 0.1) is 5.02 Å². The van der Waals surface area contributed by atoms with Gasteiger partial charge in [-0.2, -0.15) is 0 Å². The zero-order chi connectivity index (χ0) is 8.27. The molecular weight excluding hydrogens is 180 g/mol. The van der Waals surface area contributed by atoms with Crippen molar-refractivity contribution in [2.75, 3.05) is 0 Å². The molecule has 0 atom stereocenters. The lowest BCUT2D eigenvalue weighted by molar-refractivity contribution is -0.118. The quantitative estimate of drug-likeness (QED) is 0.713. The molecule has 0 aliphatic rings. The Morgan fingerprint density at radius 1 is 1.73 bits per heavy atom. The van der Waals surface area contributed by atoms with Crippen molar-refractivity contribution in [3.63, 3.8) is 0 Å². The molecule has 0 bridgehead atoms. The minimum Gasteiger partial charge on any atom is -0.299 e. The molecular formula is C8H9ClOS. The van der Waals surface area contributed by atoms with Gasteiger partial charge in [-0.15, -0.1) is 11.3 Å². The Morgan fingerprint density at radius 2 is 2.45 bits per heavy atom. The van der Waals surface area contributed by atoms with Crippen LogP contribution in [-0.4, -0.2) is 5.78 Å². The highest BCUT2D eigenvalue weighted by Gasteiger charge is 2.05. The molecule has 1 rings (SSSR count). The number of carbonyl (C=O) groups excluding carboxylic acids is 1. The summed E-state index contributed by atoms with van der Waals surface area (Å²) in [7, 11) is 0. The van der Waals surface area contributed by atoms with Crippen molar-refractivity contribution in [1.82, 2.24) is 0 Å². The molecule has 0 N–H and O–H groups in total. The topological polar surface area (TPSA) is 17.1 Å². The number of carbonyl (C=O) groups is 1. The van der Waals surface area contributed by atoms with Crippen LogP contribution in [0.1, 0.15) is 18.2 Å². The average molecular weight is 189 g/mol. The first-order chi connectivity index (χ1) is 5.24. The molecule has 11 heavy (non-hydrogen) atoms. The molecule has 0 aliphatic carbocycles. The number of Topliss-reactive ketones (excluding diaryl/α,β-unsaturated/α-hetero) is 1. The van der Waals surface area contributed by atoms with E-state index in [9.17, 15) is 4.79 Å². The van der Waals surface area contributed by atoms with Crippen LogP contribution >= 0.6 is 22.9 Å². The van der Waals surface area contributed by atoms with Gasteiger partial charge in [-0.3, -0.25) is 4.79 Å². The van der Waals surface area contributed by atoms with E-state index in [0.29, 0.717) is 12.8 Å². The lowest BCUT2D eigenvalue weighted by Gasteiger charge is -1.93. The van der Waals surface area contributed by atoms with Gasteiger partial charge < -0.3 is 0 Å². The SMILES string of the molecule is CCC(=O)Cc1sccc1Cl. The molecule has 60 valence electrons. The predicted octanol–water partition coefficient (Wildman–Crippen LogP) is 2.92.